The molecular formula is C20H21ClFNO6. The molecule has 0 fully saturated rings. The van der Waals surface area contributed by atoms with Gasteiger partial charge in [-0.3, -0.25) is 4.79 Å². The molecule has 0 aliphatic rings. The van der Waals surface area contributed by atoms with Crippen molar-refractivity contribution in [1.29, 1.82) is 0 Å². The minimum atomic E-state index is -0.784. The lowest BCUT2D eigenvalue weighted by Gasteiger charge is -2.19. The van der Waals surface area contributed by atoms with Crippen molar-refractivity contribution in [2.24, 2.45) is 0 Å². The molecule has 29 heavy (non-hydrogen) atoms. The molecule has 2 aromatic rings. The Balaban J connectivity index is 2.08. The summed E-state index contributed by atoms with van der Waals surface area (Å²) < 4.78 is 34.6. The van der Waals surface area contributed by atoms with E-state index in [4.69, 9.17) is 30.5 Å². The Morgan fingerprint density at radius 2 is 1.72 bits per heavy atom. The first-order valence-electron chi connectivity index (χ1n) is 8.46. The predicted molar refractivity (Wildman–Crippen MR) is 104 cm³/mol. The minimum Gasteiger partial charge on any atom is -0.493 e. The average Bonchev–Trinajstić information content (AvgIpc) is 2.72. The number of nitrogens with zero attached hydrogens (tertiary/aromatic N) is 1. The number of benzene rings is 2. The Kier molecular flexibility index (Phi) is 7.67. The number of halogens is 2. The topological polar surface area (TPSA) is 74.3 Å². The smallest absolute Gasteiger partial charge is 0.342 e. The summed E-state index contributed by atoms with van der Waals surface area (Å²) in [5.41, 5.74) is 0.246. The number of carbonyl (C=O) groups excluding carboxylic acids is 2. The van der Waals surface area contributed by atoms with Crippen LogP contribution in [0.3, 0.4) is 0 Å². The van der Waals surface area contributed by atoms with E-state index in [0.717, 1.165) is 0 Å². The molecule has 7 nitrogen and oxygen atoms in total. The number of carbonyl (C=O) groups is 2. The van der Waals surface area contributed by atoms with E-state index in [2.05, 4.69) is 0 Å². The van der Waals surface area contributed by atoms with Crippen molar-refractivity contribution in [3.05, 3.63) is 52.3 Å². The van der Waals surface area contributed by atoms with Gasteiger partial charge in [-0.15, -0.1) is 0 Å². The monoisotopic (exact) mass is 425 g/mol. The number of rotatable bonds is 8. The van der Waals surface area contributed by atoms with Gasteiger partial charge in [0.25, 0.3) is 5.91 Å². The molecule has 0 aliphatic heterocycles. The molecule has 0 atom stereocenters. The van der Waals surface area contributed by atoms with E-state index in [1.165, 1.54) is 63.6 Å². The molecule has 0 aromatic heterocycles. The Morgan fingerprint density at radius 1 is 1.03 bits per heavy atom. The van der Waals surface area contributed by atoms with E-state index in [-0.39, 0.29) is 34.2 Å². The quantitative estimate of drug-likeness (QED) is 0.604. The van der Waals surface area contributed by atoms with Gasteiger partial charge in [0.2, 0.25) is 5.75 Å². The summed E-state index contributed by atoms with van der Waals surface area (Å²) >= 11 is 5.97. The van der Waals surface area contributed by atoms with Crippen molar-refractivity contribution in [3.8, 4) is 17.2 Å². The summed E-state index contributed by atoms with van der Waals surface area (Å²) in [7, 11) is 5.68. The zero-order valence-corrected chi connectivity index (χ0v) is 17.2. The normalized spacial score (nSPS) is 10.3. The lowest BCUT2D eigenvalue weighted by atomic mass is 10.1. The van der Waals surface area contributed by atoms with E-state index in [1.54, 1.807) is 0 Å². The van der Waals surface area contributed by atoms with Crippen molar-refractivity contribution in [1.82, 2.24) is 4.90 Å². The van der Waals surface area contributed by atoms with Gasteiger partial charge in [0.15, 0.2) is 18.1 Å². The molecular weight excluding hydrogens is 405 g/mol. The van der Waals surface area contributed by atoms with Crippen LogP contribution >= 0.6 is 11.6 Å². The Morgan fingerprint density at radius 3 is 2.31 bits per heavy atom. The number of likely N-dealkylation sites (N-methyl/N-ethyl adjacent to an activating group) is 1. The zero-order chi connectivity index (χ0) is 21.6. The molecule has 0 spiro atoms. The third kappa shape index (κ3) is 5.08. The van der Waals surface area contributed by atoms with Gasteiger partial charge in [0, 0.05) is 24.2 Å². The maximum Gasteiger partial charge on any atom is 0.342 e. The fraction of sp³-hybridized carbons (Fsp3) is 0.300. The summed E-state index contributed by atoms with van der Waals surface area (Å²) in [5.74, 6) is -1.12. The van der Waals surface area contributed by atoms with Crippen LogP contribution in [0.1, 0.15) is 15.9 Å². The summed E-state index contributed by atoms with van der Waals surface area (Å²) in [5, 5.41) is 0.205. The molecule has 1 amide bonds. The molecule has 156 valence electrons. The number of esters is 1. The molecule has 0 unspecified atom stereocenters. The SMILES string of the molecule is COc1ccc(C(=O)OCC(=O)N(C)Cc2c(F)cccc2Cl)c(OC)c1OC. The Bertz CT molecular complexity index is 885. The highest BCUT2D eigenvalue weighted by Crippen LogP contribution is 2.39. The molecule has 0 aliphatic carbocycles. The van der Waals surface area contributed by atoms with Gasteiger partial charge in [-0.2, -0.15) is 0 Å². The van der Waals surface area contributed by atoms with Gasteiger partial charge >= 0.3 is 5.97 Å². The van der Waals surface area contributed by atoms with Crippen LogP contribution in [-0.2, 0) is 16.1 Å². The summed E-state index contributed by atoms with van der Waals surface area (Å²) in [6, 6.07) is 7.22. The minimum absolute atomic E-state index is 0.0674. The number of hydrogen-bond donors (Lipinski definition) is 0. The number of methoxy groups -OCH3 is 3. The van der Waals surface area contributed by atoms with Gasteiger partial charge < -0.3 is 23.8 Å². The van der Waals surface area contributed by atoms with Crippen LogP contribution in [0.4, 0.5) is 4.39 Å². The molecule has 0 heterocycles. The van der Waals surface area contributed by atoms with Crippen LogP contribution in [0.2, 0.25) is 5.02 Å². The van der Waals surface area contributed by atoms with Gasteiger partial charge in [0.05, 0.1) is 21.3 Å². The Hall–Kier alpha value is -3.00. The van der Waals surface area contributed by atoms with Gasteiger partial charge in [0.1, 0.15) is 11.4 Å². The van der Waals surface area contributed by atoms with Crippen LogP contribution in [0.15, 0.2) is 30.3 Å². The lowest BCUT2D eigenvalue weighted by Crippen LogP contribution is -2.31. The highest BCUT2D eigenvalue weighted by Gasteiger charge is 2.23. The van der Waals surface area contributed by atoms with Crippen LogP contribution in [-0.4, -0.2) is 51.8 Å². The molecule has 0 radical (unpaired) electrons. The second-order valence-corrected chi connectivity index (χ2v) is 6.32. The largest absolute Gasteiger partial charge is 0.493 e. The molecule has 0 saturated carbocycles. The number of hydrogen-bond acceptors (Lipinski definition) is 6. The standard InChI is InChI=1S/C20H21ClFNO6/c1-23(10-13-14(21)6-5-7-15(13)22)17(24)11-29-20(25)12-8-9-16(26-2)19(28-4)18(12)27-3/h5-9H,10-11H2,1-4H3. The summed E-state index contributed by atoms with van der Waals surface area (Å²) in [6.07, 6.45) is 0. The first-order chi connectivity index (χ1) is 13.8. The Labute approximate surface area is 172 Å². The molecule has 0 bridgehead atoms. The molecule has 2 aromatic carbocycles. The second kappa shape index (κ2) is 9.97. The van der Waals surface area contributed by atoms with Crippen molar-refractivity contribution in [2.75, 3.05) is 35.0 Å². The van der Waals surface area contributed by atoms with Crippen LogP contribution in [0.25, 0.3) is 0 Å². The zero-order valence-electron chi connectivity index (χ0n) is 16.5. The van der Waals surface area contributed by atoms with Gasteiger partial charge in [-0.25, -0.2) is 9.18 Å². The van der Waals surface area contributed by atoms with E-state index < -0.39 is 24.3 Å². The van der Waals surface area contributed by atoms with E-state index >= 15 is 0 Å². The van der Waals surface area contributed by atoms with E-state index in [9.17, 15) is 14.0 Å². The fourth-order valence-corrected chi connectivity index (χ4v) is 2.81. The highest BCUT2D eigenvalue weighted by molar-refractivity contribution is 6.31. The molecule has 0 N–H and O–H groups in total. The van der Waals surface area contributed by atoms with Gasteiger partial charge in [-0.05, 0) is 24.3 Å². The first-order valence-corrected chi connectivity index (χ1v) is 8.84. The van der Waals surface area contributed by atoms with Crippen LogP contribution in [0, 0.1) is 5.82 Å². The maximum absolute atomic E-state index is 13.9. The van der Waals surface area contributed by atoms with Crippen molar-refractivity contribution < 1.29 is 32.9 Å². The van der Waals surface area contributed by atoms with Crippen LogP contribution in [0.5, 0.6) is 17.2 Å². The molecule has 9 heteroatoms. The highest BCUT2D eigenvalue weighted by atomic mass is 35.5. The van der Waals surface area contributed by atoms with E-state index in [1.807, 2.05) is 0 Å². The number of ether oxygens (including phenoxy) is 4. The molecule has 2 rings (SSSR count). The molecule has 0 saturated heterocycles. The summed E-state index contributed by atoms with van der Waals surface area (Å²) in [4.78, 5) is 25.9. The van der Waals surface area contributed by atoms with Gasteiger partial charge in [-0.1, -0.05) is 17.7 Å². The van der Waals surface area contributed by atoms with Crippen molar-refractivity contribution in [2.45, 2.75) is 6.54 Å². The van der Waals surface area contributed by atoms with Crippen molar-refractivity contribution >= 4 is 23.5 Å². The first kappa shape index (κ1) is 22.3. The second-order valence-electron chi connectivity index (χ2n) is 5.91. The van der Waals surface area contributed by atoms with Crippen LogP contribution < -0.4 is 14.2 Å². The maximum atomic E-state index is 13.9. The third-order valence-corrected chi connectivity index (χ3v) is 4.49. The fourth-order valence-electron chi connectivity index (χ4n) is 2.59. The lowest BCUT2D eigenvalue weighted by molar-refractivity contribution is -0.133. The van der Waals surface area contributed by atoms with Crippen molar-refractivity contribution in [3.63, 3.8) is 0 Å². The third-order valence-electron chi connectivity index (χ3n) is 4.13. The predicted octanol–water partition coefficient (Wildman–Crippen LogP) is 3.32. The average molecular weight is 426 g/mol. The van der Waals surface area contributed by atoms with E-state index in [0.29, 0.717) is 5.75 Å². The summed E-state index contributed by atoms with van der Waals surface area (Å²) in [6.45, 7) is -0.611. The number of amides is 1.